The van der Waals surface area contributed by atoms with Crippen molar-refractivity contribution in [1.29, 1.82) is 0 Å². The number of benzene rings is 1. The van der Waals surface area contributed by atoms with E-state index >= 15 is 0 Å². The van der Waals surface area contributed by atoms with Gasteiger partial charge in [-0.3, -0.25) is 9.00 Å². The minimum atomic E-state index is -1.30. The number of hydrogen-bond donors (Lipinski definition) is 2. The van der Waals surface area contributed by atoms with Crippen LogP contribution in [0.25, 0.3) is 0 Å². The van der Waals surface area contributed by atoms with Gasteiger partial charge in [-0.1, -0.05) is 0 Å². The Balaban J connectivity index is 2.77. The monoisotopic (exact) mass is 270 g/mol. The number of nitrogen functional groups attached to an aromatic ring is 1. The molecule has 0 saturated carbocycles. The van der Waals surface area contributed by atoms with Crippen LogP contribution in [-0.4, -0.2) is 29.5 Å². The van der Waals surface area contributed by atoms with E-state index in [2.05, 4.69) is 5.32 Å². The lowest BCUT2D eigenvalue weighted by atomic mass is 10.3. The standard InChI is InChI=1S/C12H18N2O3S/c1-3-17-9-4-5-10(13)11(8-9)18(16)7-6-12(15)14-2/h4-5,8H,3,6-7,13H2,1-2H3,(H,14,15). The van der Waals surface area contributed by atoms with Crippen LogP contribution in [-0.2, 0) is 15.6 Å². The predicted molar refractivity (Wildman–Crippen MR) is 72.0 cm³/mol. The molecule has 100 valence electrons. The number of amides is 1. The van der Waals surface area contributed by atoms with Gasteiger partial charge in [-0.2, -0.15) is 0 Å². The Morgan fingerprint density at radius 3 is 2.83 bits per heavy atom. The first-order valence-electron chi connectivity index (χ1n) is 5.69. The SMILES string of the molecule is CCOc1ccc(N)c(S(=O)CCC(=O)NC)c1. The van der Waals surface area contributed by atoms with E-state index in [4.69, 9.17) is 10.5 Å². The van der Waals surface area contributed by atoms with E-state index in [0.29, 0.717) is 22.9 Å². The van der Waals surface area contributed by atoms with Crippen molar-refractivity contribution in [3.05, 3.63) is 18.2 Å². The highest BCUT2D eigenvalue weighted by Gasteiger charge is 2.11. The number of ether oxygens (including phenoxy) is 1. The summed E-state index contributed by atoms with van der Waals surface area (Å²) in [5, 5.41) is 2.49. The summed E-state index contributed by atoms with van der Waals surface area (Å²) in [5.74, 6) is 0.747. The van der Waals surface area contributed by atoms with E-state index in [-0.39, 0.29) is 18.1 Å². The summed E-state index contributed by atoms with van der Waals surface area (Å²) in [6.07, 6.45) is 0.210. The molecular formula is C12H18N2O3S. The molecular weight excluding hydrogens is 252 g/mol. The molecule has 1 amide bonds. The third-order valence-electron chi connectivity index (χ3n) is 2.33. The molecule has 0 bridgehead atoms. The van der Waals surface area contributed by atoms with Crippen molar-refractivity contribution < 1.29 is 13.7 Å². The van der Waals surface area contributed by atoms with Crippen LogP contribution in [0.4, 0.5) is 5.69 Å². The van der Waals surface area contributed by atoms with Crippen molar-refractivity contribution in [2.24, 2.45) is 0 Å². The summed E-state index contributed by atoms with van der Waals surface area (Å²) in [6.45, 7) is 2.41. The number of nitrogens with one attached hydrogen (secondary N) is 1. The van der Waals surface area contributed by atoms with E-state index in [1.807, 2.05) is 6.92 Å². The fourth-order valence-corrected chi connectivity index (χ4v) is 2.56. The van der Waals surface area contributed by atoms with Gasteiger partial charge in [-0.15, -0.1) is 0 Å². The highest BCUT2D eigenvalue weighted by atomic mass is 32.2. The Kier molecular flexibility index (Phi) is 5.64. The molecule has 6 heteroatoms. The molecule has 0 aliphatic rings. The molecule has 5 nitrogen and oxygen atoms in total. The summed E-state index contributed by atoms with van der Waals surface area (Å²) in [4.78, 5) is 11.6. The molecule has 0 fully saturated rings. The summed E-state index contributed by atoms with van der Waals surface area (Å²) in [7, 11) is 0.254. The molecule has 1 unspecified atom stereocenters. The van der Waals surface area contributed by atoms with Gasteiger partial charge in [0.15, 0.2) is 0 Å². The lowest BCUT2D eigenvalue weighted by Gasteiger charge is -2.09. The zero-order valence-electron chi connectivity index (χ0n) is 10.6. The highest BCUT2D eigenvalue weighted by Crippen LogP contribution is 2.23. The van der Waals surface area contributed by atoms with Gasteiger partial charge in [0.2, 0.25) is 5.91 Å². The summed E-state index contributed by atoms with van der Waals surface area (Å²) >= 11 is 0. The Bertz CT molecular complexity index is 449. The van der Waals surface area contributed by atoms with Gasteiger partial charge < -0.3 is 15.8 Å². The second-order valence-electron chi connectivity index (χ2n) is 3.61. The average Bonchev–Trinajstić information content (AvgIpc) is 2.38. The van der Waals surface area contributed by atoms with E-state index in [0.717, 1.165) is 0 Å². The first-order chi connectivity index (χ1) is 8.58. The van der Waals surface area contributed by atoms with E-state index < -0.39 is 10.8 Å². The number of anilines is 1. The largest absolute Gasteiger partial charge is 0.494 e. The predicted octanol–water partition coefficient (Wildman–Crippen LogP) is 0.911. The Hall–Kier alpha value is -1.56. The van der Waals surface area contributed by atoms with Gasteiger partial charge in [-0.25, -0.2) is 0 Å². The Morgan fingerprint density at radius 2 is 2.22 bits per heavy atom. The highest BCUT2D eigenvalue weighted by molar-refractivity contribution is 7.85. The van der Waals surface area contributed by atoms with Gasteiger partial charge in [0.05, 0.1) is 22.3 Å². The molecule has 1 aromatic rings. The van der Waals surface area contributed by atoms with E-state index in [1.165, 1.54) is 0 Å². The fraction of sp³-hybridized carbons (Fsp3) is 0.417. The molecule has 0 saturated heterocycles. The van der Waals surface area contributed by atoms with E-state index in [1.54, 1.807) is 25.2 Å². The molecule has 0 spiro atoms. The van der Waals surface area contributed by atoms with Crippen molar-refractivity contribution in [3.63, 3.8) is 0 Å². The molecule has 1 aromatic carbocycles. The lowest BCUT2D eigenvalue weighted by molar-refractivity contribution is -0.120. The van der Waals surface area contributed by atoms with Gasteiger partial charge in [0.25, 0.3) is 0 Å². The van der Waals surface area contributed by atoms with Crippen LogP contribution >= 0.6 is 0 Å². The molecule has 18 heavy (non-hydrogen) atoms. The lowest BCUT2D eigenvalue weighted by Crippen LogP contribution is -2.20. The summed E-state index contributed by atoms with van der Waals surface area (Å²) < 4.78 is 17.4. The van der Waals surface area contributed by atoms with Crippen molar-refractivity contribution in [3.8, 4) is 5.75 Å². The first-order valence-corrected chi connectivity index (χ1v) is 7.01. The molecule has 3 N–H and O–H groups in total. The maximum Gasteiger partial charge on any atom is 0.220 e. The molecule has 0 aromatic heterocycles. The molecule has 0 radical (unpaired) electrons. The minimum Gasteiger partial charge on any atom is -0.494 e. The number of carbonyl (C=O) groups excluding carboxylic acids is 1. The normalized spacial score (nSPS) is 11.9. The zero-order valence-corrected chi connectivity index (χ0v) is 11.4. The van der Waals surface area contributed by atoms with Crippen LogP contribution in [0, 0.1) is 0 Å². The number of hydrogen-bond acceptors (Lipinski definition) is 4. The second kappa shape index (κ2) is 7.00. The Labute approximate surface area is 109 Å². The van der Waals surface area contributed by atoms with Crippen LogP contribution in [0.1, 0.15) is 13.3 Å². The smallest absolute Gasteiger partial charge is 0.220 e. The van der Waals surface area contributed by atoms with Crippen LogP contribution in [0.5, 0.6) is 5.75 Å². The molecule has 0 heterocycles. The van der Waals surface area contributed by atoms with Crippen LogP contribution in [0.2, 0.25) is 0 Å². The van der Waals surface area contributed by atoms with Crippen molar-refractivity contribution in [1.82, 2.24) is 5.32 Å². The number of rotatable bonds is 6. The van der Waals surface area contributed by atoms with Crippen molar-refractivity contribution in [2.75, 3.05) is 25.1 Å². The number of carbonyl (C=O) groups is 1. The van der Waals surface area contributed by atoms with Crippen LogP contribution < -0.4 is 15.8 Å². The quantitative estimate of drug-likeness (QED) is 0.753. The maximum atomic E-state index is 12.0. The average molecular weight is 270 g/mol. The third kappa shape index (κ3) is 4.03. The first kappa shape index (κ1) is 14.5. The van der Waals surface area contributed by atoms with Gasteiger partial charge in [-0.05, 0) is 25.1 Å². The zero-order chi connectivity index (χ0) is 13.5. The van der Waals surface area contributed by atoms with Crippen LogP contribution in [0.15, 0.2) is 23.1 Å². The Morgan fingerprint density at radius 1 is 1.50 bits per heavy atom. The second-order valence-corrected chi connectivity index (χ2v) is 5.14. The maximum absolute atomic E-state index is 12.0. The van der Waals surface area contributed by atoms with Crippen molar-refractivity contribution in [2.45, 2.75) is 18.2 Å². The van der Waals surface area contributed by atoms with Crippen LogP contribution in [0.3, 0.4) is 0 Å². The topological polar surface area (TPSA) is 81.4 Å². The van der Waals surface area contributed by atoms with Crippen molar-refractivity contribution >= 4 is 22.4 Å². The van der Waals surface area contributed by atoms with Gasteiger partial charge >= 0.3 is 0 Å². The molecule has 0 aliphatic heterocycles. The fourth-order valence-electron chi connectivity index (χ4n) is 1.39. The van der Waals surface area contributed by atoms with E-state index in [9.17, 15) is 9.00 Å². The molecule has 0 aliphatic carbocycles. The summed E-state index contributed by atoms with van der Waals surface area (Å²) in [5.41, 5.74) is 6.23. The minimum absolute atomic E-state index is 0.136. The third-order valence-corrected chi connectivity index (χ3v) is 3.75. The van der Waals surface area contributed by atoms with Gasteiger partial charge in [0, 0.05) is 24.9 Å². The number of nitrogens with two attached hydrogens (primary N) is 1. The van der Waals surface area contributed by atoms with Gasteiger partial charge in [0.1, 0.15) is 5.75 Å². The molecule has 1 rings (SSSR count). The molecule has 1 atom stereocenters. The summed E-state index contributed by atoms with van der Waals surface area (Å²) in [6, 6.07) is 5.06.